The largest absolute Gasteiger partial charge is 0.388 e. The lowest BCUT2D eigenvalue weighted by Gasteiger charge is -2.14. The molecule has 1 nitrogen and oxygen atoms in total. The van der Waals surface area contributed by atoms with E-state index >= 15 is 0 Å². The summed E-state index contributed by atoms with van der Waals surface area (Å²) in [6, 6.07) is 14.6. The summed E-state index contributed by atoms with van der Waals surface area (Å²) in [7, 11) is 0. The molecule has 0 fully saturated rings. The van der Waals surface area contributed by atoms with Crippen LogP contribution in [0, 0.1) is 20.8 Å². The fourth-order valence-corrected chi connectivity index (χ4v) is 2.96. The summed E-state index contributed by atoms with van der Waals surface area (Å²) >= 11 is 1.69. The number of hydrogen-bond donors (Lipinski definition) is 1. The first-order valence-electron chi connectivity index (χ1n) is 6.51. The quantitative estimate of drug-likeness (QED) is 0.830. The van der Waals surface area contributed by atoms with Crippen LogP contribution in [-0.4, -0.2) is 10.9 Å². The summed E-state index contributed by atoms with van der Waals surface area (Å²) < 4.78 is 0. The molecule has 1 unspecified atom stereocenters. The number of aryl methyl sites for hydroxylation is 3. The first-order valence-corrected chi connectivity index (χ1v) is 7.49. The average molecular weight is 272 g/mol. The van der Waals surface area contributed by atoms with Gasteiger partial charge in [0.2, 0.25) is 0 Å². The van der Waals surface area contributed by atoms with Gasteiger partial charge in [-0.15, -0.1) is 11.8 Å². The molecule has 0 saturated heterocycles. The van der Waals surface area contributed by atoms with E-state index in [2.05, 4.69) is 57.2 Å². The zero-order valence-electron chi connectivity index (χ0n) is 11.7. The molecule has 0 aliphatic heterocycles. The van der Waals surface area contributed by atoms with Crippen molar-refractivity contribution in [2.45, 2.75) is 31.8 Å². The summed E-state index contributed by atoms with van der Waals surface area (Å²) in [5.74, 6) is 0.687. The summed E-state index contributed by atoms with van der Waals surface area (Å²) in [5.41, 5.74) is 4.70. The predicted octanol–water partition coefficient (Wildman–Crippen LogP) is 4.44. The van der Waals surface area contributed by atoms with Crippen molar-refractivity contribution in [1.82, 2.24) is 0 Å². The van der Waals surface area contributed by atoms with Gasteiger partial charge in [0.25, 0.3) is 0 Å². The van der Waals surface area contributed by atoms with Crippen molar-refractivity contribution in [2.75, 3.05) is 5.75 Å². The highest BCUT2D eigenvalue weighted by molar-refractivity contribution is 7.99. The maximum absolute atomic E-state index is 10.3. The highest BCUT2D eigenvalue weighted by Gasteiger charge is 2.10. The molecule has 2 rings (SSSR count). The second-order valence-electron chi connectivity index (χ2n) is 5.00. The third-order valence-corrected chi connectivity index (χ3v) is 4.30. The molecule has 1 N–H and O–H groups in total. The molecule has 2 aromatic carbocycles. The van der Waals surface area contributed by atoms with Crippen LogP contribution in [0.2, 0.25) is 0 Å². The van der Waals surface area contributed by atoms with E-state index in [1.165, 1.54) is 16.0 Å². The molecular formula is C17H20OS. The minimum atomic E-state index is -0.410. The van der Waals surface area contributed by atoms with Crippen molar-refractivity contribution in [3.8, 4) is 0 Å². The van der Waals surface area contributed by atoms with Crippen molar-refractivity contribution in [2.24, 2.45) is 0 Å². The zero-order valence-corrected chi connectivity index (χ0v) is 12.5. The van der Waals surface area contributed by atoms with Gasteiger partial charge in [-0.2, -0.15) is 0 Å². The Morgan fingerprint density at radius 2 is 1.58 bits per heavy atom. The Bertz CT molecular complexity index is 546. The SMILES string of the molecule is Cc1ccc(SCC(O)c2ccc(C)cc2C)cc1. The molecule has 2 heteroatoms. The molecule has 0 heterocycles. The van der Waals surface area contributed by atoms with Crippen LogP contribution in [0.25, 0.3) is 0 Å². The zero-order chi connectivity index (χ0) is 13.8. The second kappa shape index (κ2) is 6.27. The van der Waals surface area contributed by atoms with Crippen molar-refractivity contribution >= 4 is 11.8 Å². The third-order valence-electron chi connectivity index (χ3n) is 3.21. The van der Waals surface area contributed by atoms with E-state index in [9.17, 15) is 5.11 Å². The fourth-order valence-electron chi connectivity index (χ4n) is 2.10. The first-order chi connectivity index (χ1) is 9.06. The lowest BCUT2D eigenvalue weighted by Crippen LogP contribution is -2.03. The van der Waals surface area contributed by atoms with Crippen LogP contribution in [0.3, 0.4) is 0 Å². The molecular weight excluding hydrogens is 252 g/mol. The molecule has 100 valence electrons. The van der Waals surface area contributed by atoms with Crippen LogP contribution in [0.4, 0.5) is 0 Å². The topological polar surface area (TPSA) is 20.2 Å². The molecule has 0 aliphatic carbocycles. The maximum Gasteiger partial charge on any atom is 0.0886 e. The van der Waals surface area contributed by atoms with Gasteiger partial charge in [-0.05, 0) is 44.0 Å². The van der Waals surface area contributed by atoms with E-state index in [1.807, 2.05) is 6.07 Å². The minimum Gasteiger partial charge on any atom is -0.388 e. The summed E-state index contributed by atoms with van der Waals surface area (Å²) in [5, 5.41) is 10.3. The number of aliphatic hydroxyl groups excluding tert-OH is 1. The van der Waals surface area contributed by atoms with Crippen molar-refractivity contribution in [3.63, 3.8) is 0 Å². The van der Waals surface area contributed by atoms with Gasteiger partial charge in [0.1, 0.15) is 0 Å². The highest BCUT2D eigenvalue weighted by atomic mass is 32.2. The van der Waals surface area contributed by atoms with E-state index in [0.717, 1.165) is 11.1 Å². The van der Waals surface area contributed by atoms with Gasteiger partial charge in [-0.1, -0.05) is 41.5 Å². The smallest absolute Gasteiger partial charge is 0.0886 e. The Labute approximate surface area is 119 Å². The van der Waals surface area contributed by atoms with Crippen molar-refractivity contribution in [1.29, 1.82) is 0 Å². The predicted molar refractivity (Wildman–Crippen MR) is 82.8 cm³/mol. The lowest BCUT2D eigenvalue weighted by molar-refractivity contribution is 0.203. The van der Waals surface area contributed by atoms with Crippen LogP contribution in [0.5, 0.6) is 0 Å². The van der Waals surface area contributed by atoms with Crippen LogP contribution in [0.15, 0.2) is 47.4 Å². The van der Waals surface area contributed by atoms with E-state index in [1.54, 1.807) is 11.8 Å². The molecule has 0 radical (unpaired) electrons. The standard InChI is InChI=1S/C17H20OS/c1-12-4-7-15(8-5-12)19-11-17(18)16-9-6-13(2)10-14(16)3/h4-10,17-18H,11H2,1-3H3. The molecule has 0 aliphatic rings. The lowest BCUT2D eigenvalue weighted by atomic mass is 10.0. The molecule has 19 heavy (non-hydrogen) atoms. The van der Waals surface area contributed by atoms with Gasteiger partial charge in [-0.25, -0.2) is 0 Å². The normalized spacial score (nSPS) is 12.4. The van der Waals surface area contributed by atoms with Crippen molar-refractivity contribution in [3.05, 3.63) is 64.7 Å². The molecule has 1 atom stereocenters. The average Bonchev–Trinajstić information content (AvgIpc) is 2.37. The van der Waals surface area contributed by atoms with Gasteiger partial charge in [0.15, 0.2) is 0 Å². The van der Waals surface area contributed by atoms with E-state index < -0.39 is 6.10 Å². The van der Waals surface area contributed by atoms with Crippen LogP contribution >= 0.6 is 11.8 Å². The highest BCUT2D eigenvalue weighted by Crippen LogP contribution is 2.27. The Morgan fingerprint density at radius 3 is 2.21 bits per heavy atom. The van der Waals surface area contributed by atoms with E-state index in [4.69, 9.17) is 0 Å². The van der Waals surface area contributed by atoms with Gasteiger partial charge in [-0.3, -0.25) is 0 Å². The summed E-state index contributed by atoms with van der Waals surface area (Å²) in [6.45, 7) is 6.21. The van der Waals surface area contributed by atoms with Crippen LogP contribution in [-0.2, 0) is 0 Å². The molecule has 2 aromatic rings. The van der Waals surface area contributed by atoms with Gasteiger partial charge < -0.3 is 5.11 Å². The molecule has 0 amide bonds. The van der Waals surface area contributed by atoms with E-state index in [0.29, 0.717) is 5.75 Å². The van der Waals surface area contributed by atoms with Crippen LogP contribution in [0.1, 0.15) is 28.4 Å². The Balaban J connectivity index is 2.01. The minimum absolute atomic E-state index is 0.410. The van der Waals surface area contributed by atoms with E-state index in [-0.39, 0.29) is 0 Å². The number of hydrogen-bond acceptors (Lipinski definition) is 2. The number of aliphatic hydroxyl groups is 1. The molecule has 0 saturated carbocycles. The van der Waals surface area contributed by atoms with Crippen LogP contribution < -0.4 is 0 Å². The first kappa shape index (κ1) is 14.2. The number of benzene rings is 2. The van der Waals surface area contributed by atoms with Gasteiger partial charge >= 0.3 is 0 Å². The van der Waals surface area contributed by atoms with Gasteiger partial charge in [0, 0.05) is 10.6 Å². The summed E-state index contributed by atoms with van der Waals surface area (Å²) in [4.78, 5) is 1.20. The fraction of sp³-hybridized carbons (Fsp3) is 0.294. The third kappa shape index (κ3) is 3.85. The number of rotatable bonds is 4. The monoisotopic (exact) mass is 272 g/mol. The maximum atomic E-state index is 10.3. The Morgan fingerprint density at radius 1 is 0.947 bits per heavy atom. The Hall–Kier alpha value is -1.25. The second-order valence-corrected chi connectivity index (χ2v) is 6.09. The Kier molecular flexibility index (Phi) is 4.67. The van der Waals surface area contributed by atoms with Crippen molar-refractivity contribution < 1.29 is 5.11 Å². The van der Waals surface area contributed by atoms with Gasteiger partial charge in [0.05, 0.1) is 6.10 Å². The molecule has 0 spiro atoms. The summed E-state index contributed by atoms with van der Waals surface area (Å²) in [6.07, 6.45) is -0.410. The molecule has 0 aromatic heterocycles. The molecule has 0 bridgehead atoms. The number of thioether (sulfide) groups is 1.